The average molecular weight is 469 g/mol. The first kappa shape index (κ1) is 22.5. The second-order valence-electron chi connectivity index (χ2n) is 7.91. The molecule has 3 aromatic rings. The molecule has 4 rings (SSSR count). The minimum Gasteiger partial charge on any atom is -0.353 e. The Labute approximate surface area is 196 Å². The van der Waals surface area contributed by atoms with Gasteiger partial charge in [0.15, 0.2) is 23.1 Å². The van der Waals surface area contributed by atoms with Crippen LogP contribution in [-0.4, -0.2) is 56.0 Å². The van der Waals surface area contributed by atoms with E-state index in [9.17, 15) is 9.59 Å². The molecule has 2 amide bonds. The second kappa shape index (κ2) is 9.86. The average Bonchev–Trinajstić information content (AvgIpc) is 3.20. The maximum absolute atomic E-state index is 13.3. The summed E-state index contributed by atoms with van der Waals surface area (Å²) < 4.78 is 0. The number of hydrogen-bond acceptors (Lipinski definition) is 7. The van der Waals surface area contributed by atoms with Crippen LogP contribution in [0.5, 0.6) is 0 Å². The Hall–Kier alpha value is -3.66. The Morgan fingerprint density at radius 3 is 2.48 bits per heavy atom. The standard InChI is InChI=1S/C22H25ClN8O2/c1-13-11-18(30-29-13)27-19-12-24-20(21(28-19)26-16-5-3-15(23)4-6-16)22(33)31-9-7-17(8-10-31)25-14(2)32/h3-6,11-12,17H,7-10H2,1-2H3,(H,25,32)(H3,26,27,28,29,30). The lowest BCUT2D eigenvalue weighted by molar-refractivity contribution is -0.119. The Bertz CT molecular complexity index is 1140. The maximum atomic E-state index is 13.3. The fraction of sp³-hybridized carbons (Fsp3) is 0.318. The lowest BCUT2D eigenvalue weighted by Gasteiger charge is -2.32. The third kappa shape index (κ3) is 5.78. The van der Waals surface area contributed by atoms with Crippen LogP contribution in [0.25, 0.3) is 0 Å². The predicted molar refractivity (Wildman–Crippen MR) is 126 cm³/mol. The SMILES string of the molecule is CC(=O)NC1CCN(C(=O)c2ncc(Nc3cc(C)[nH]n3)nc2Nc2ccc(Cl)cc2)CC1. The molecule has 0 spiro atoms. The molecule has 1 fully saturated rings. The first-order valence-electron chi connectivity index (χ1n) is 10.6. The van der Waals surface area contributed by atoms with Crippen molar-refractivity contribution in [3.05, 3.63) is 52.9 Å². The Kier molecular flexibility index (Phi) is 6.74. The number of aryl methyl sites for hydroxylation is 1. The number of likely N-dealkylation sites (tertiary alicyclic amines) is 1. The maximum Gasteiger partial charge on any atom is 0.276 e. The van der Waals surface area contributed by atoms with E-state index in [-0.39, 0.29) is 23.6 Å². The molecular formula is C22H25ClN8O2. The number of halogens is 1. The van der Waals surface area contributed by atoms with Crippen molar-refractivity contribution in [3.63, 3.8) is 0 Å². The van der Waals surface area contributed by atoms with Crippen LogP contribution >= 0.6 is 11.6 Å². The molecule has 2 aromatic heterocycles. The van der Waals surface area contributed by atoms with Crippen molar-refractivity contribution >= 4 is 46.6 Å². The third-order valence-electron chi connectivity index (χ3n) is 5.23. The molecule has 1 aliphatic rings. The van der Waals surface area contributed by atoms with Gasteiger partial charge >= 0.3 is 0 Å². The summed E-state index contributed by atoms with van der Waals surface area (Å²) in [6.07, 6.45) is 2.89. The summed E-state index contributed by atoms with van der Waals surface area (Å²) in [5.41, 5.74) is 1.84. The molecule has 172 valence electrons. The number of aromatic nitrogens is 4. The fourth-order valence-corrected chi connectivity index (χ4v) is 3.77. The van der Waals surface area contributed by atoms with Crippen LogP contribution in [0.2, 0.25) is 5.02 Å². The molecule has 0 radical (unpaired) electrons. The normalized spacial score (nSPS) is 14.1. The number of hydrogen-bond donors (Lipinski definition) is 4. The topological polar surface area (TPSA) is 128 Å². The second-order valence-corrected chi connectivity index (χ2v) is 8.35. The van der Waals surface area contributed by atoms with Gasteiger partial charge in [-0.1, -0.05) is 11.6 Å². The Balaban J connectivity index is 1.56. The molecule has 0 bridgehead atoms. The number of aromatic amines is 1. The van der Waals surface area contributed by atoms with Crippen molar-refractivity contribution in [2.45, 2.75) is 32.7 Å². The lowest BCUT2D eigenvalue weighted by Crippen LogP contribution is -2.46. The highest BCUT2D eigenvalue weighted by Crippen LogP contribution is 2.24. The van der Waals surface area contributed by atoms with Crippen molar-refractivity contribution in [1.29, 1.82) is 0 Å². The fourth-order valence-electron chi connectivity index (χ4n) is 3.64. The summed E-state index contributed by atoms with van der Waals surface area (Å²) in [6, 6.07) is 9.02. The highest BCUT2D eigenvalue weighted by molar-refractivity contribution is 6.30. The number of anilines is 4. The number of amides is 2. The monoisotopic (exact) mass is 468 g/mol. The van der Waals surface area contributed by atoms with Gasteiger partial charge in [-0.05, 0) is 44.0 Å². The van der Waals surface area contributed by atoms with E-state index < -0.39 is 0 Å². The zero-order chi connectivity index (χ0) is 23.4. The molecule has 1 saturated heterocycles. The molecule has 0 atom stereocenters. The Morgan fingerprint density at radius 2 is 1.85 bits per heavy atom. The van der Waals surface area contributed by atoms with Gasteiger partial charge in [-0.2, -0.15) is 5.10 Å². The van der Waals surface area contributed by atoms with E-state index in [1.165, 1.54) is 13.1 Å². The number of piperidine rings is 1. The molecule has 4 N–H and O–H groups in total. The van der Waals surface area contributed by atoms with Crippen LogP contribution in [0.3, 0.4) is 0 Å². The minimum atomic E-state index is -0.220. The number of nitrogens with zero attached hydrogens (tertiary/aromatic N) is 4. The number of benzene rings is 1. The lowest BCUT2D eigenvalue weighted by atomic mass is 10.0. The van der Waals surface area contributed by atoms with Crippen LogP contribution in [0, 0.1) is 6.92 Å². The molecule has 0 unspecified atom stereocenters. The van der Waals surface area contributed by atoms with Crippen LogP contribution in [0.4, 0.5) is 23.1 Å². The molecule has 0 aliphatic carbocycles. The van der Waals surface area contributed by atoms with Gasteiger partial charge in [0.1, 0.15) is 0 Å². The van der Waals surface area contributed by atoms with Crippen LogP contribution in [0.15, 0.2) is 36.5 Å². The smallest absolute Gasteiger partial charge is 0.276 e. The largest absolute Gasteiger partial charge is 0.353 e. The van der Waals surface area contributed by atoms with Crippen molar-refractivity contribution < 1.29 is 9.59 Å². The quantitative estimate of drug-likeness (QED) is 0.436. The van der Waals surface area contributed by atoms with E-state index in [2.05, 4.69) is 36.1 Å². The number of rotatable bonds is 6. The predicted octanol–water partition coefficient (Wildman–Crippen LogP) is 3.39. The highest BCUT2D eigenvalue weighted by atomic mass is 35.5. The van der Waals surface area contributed by atoms with Crippen molar-refractivity contribution in [2.75, 3.05) is 23.7 Å². The molecule has 11 heteroatoms. The van der Waals surface area contributed by atoms with E-state index in [4.69, 9.17) is 11.6 Å². The van der Waals surface area contributed by atoms with Gasteiger partial charge in [0.2, 0.25) is 5.91 Å². The summed E-state index contributed by atoms with van der Waals surface area (Å²) in [6.45, 7) is 4.45. The molecule has 3 heterocycles. The molecule has 1 aliphatic heterocycles. The van der Waals surface area contributed by atoms with E-state index >= 15 is 0 Å². The van der Waals surface area contributed by atoms with E-state index in [0.29, 0.717) is 48.4 Å². The van der Waals surface area contributed by atoms with E-state index in [0.717, 1.165) is 11.4 Å². The van der Waals surface area contributed by atoms with Gasteiger partial charge < -0.3 is 20.9 Å². The molecule has 0 saturated carbocycles. The molecule has 10 nitrogen and oxygen atoms in total. The van der Waals surface area contributed by atoms with Gasteiger partial charge in [-0.25, -0.2) is 9.97 Å². The van der Waals surface area contributed by atoms with Gasteiger partial charge in [-0.3, -0.25) is 14.7 Å². The highest BCUT2D eigenvalue weighted by Gasteiger charge is 2.27. The van der Waals surface area contributed by atoms with Gasteiger partial charge in [0.25, 0.3) is 5.91 Å². The molecule has 1 aromatic carbocycles. The number of carbonyl (C=O) groups is 2. The van der Waals surface area contributed by atoms with Crippen molar-refractivity contribution in [3.8, 4) is 0 Å². The Morgan fingerprint density at radius 1 is 1.12 bits per heavy atom. The zero-order valence-corrected chi connectivity index (χ0v) is 19.1. The van der Waals surface area contributed by atoms with Crippen LogP contribution < -0.4 is 16.0 Å². The van der Waals surface area contributed by atoms with Crippen molar-refractivity contribution in [2.24, 2.45) is 0 Å². The van der Waals surface area contributed by atoms with E-state index in [1.54, 1.807) is 29.2 Å². The third-order valence-corrected chi connectivity index (χ3v) is 5.49. The number of H-pyrrole nitrogens is 1. The zero-order valence-electron chi connectivity index (χ0n) is 18.4. The number of nitrogens with one attached hydrogen (secondary N) is 4. The number of carbonyl (C=O) groups excluding carboxylic acids is 2. The summed E-state index contributed by atoms with van der Waals surface area (Å²) >= 11 is 6.00. The van der Waals surface area contributed by atoms with E-state index in [1.807, 2.05) is 13.0 Å². The van der Waals surface area contributed by atoms with Gasteiger partial charge in [0.05, 0.1) is 6.20 Å². The minimum absolute atomic E-state index is 0.0599. The molecular weight excluding hydrogens is 444 g/mol. The first-order valence-corrected chi connectivity index (χ1v) is 11.0. The summed E-state index contributed by atoms with van der Waals surface area (Å²) in [4.78, 5) is 35.4. The summed E-state index contributed by atoms with van der Waals surface area (Å²) in [7, 11) is 0. The first-order chi connectivity index (χ1) is 15.9. The summed E-state index contributed by atoms with van der Waals surface area (Å²) in [5.74, 6) is 1.08. The van der Waals surface area contributed by atoms with Gasteiger partial charge in [-0.15, -0.1) is 0 Å². The van der Waals surface area contributed by atoms with Crippen LogP contribution in [0.1, 0.15) is 35.9 Å². The van der Waals surface area contributed by atoms with Gasteiger partial charge in [0, 0.05) is 48.5 Å². The molecule has 33 heavy (non-hydrogen) atoms. The summed E-state index contributed by atoms with van der Waals surface area (Å²) in [5, 5.41) is 16.8. The van der Waals surface area contributed by atoms with Crippen LogP contribution in [-0.2, 0) is 4.79 Å². The van der Waals surface area contributed by atoms with Crippen molar-refractivity contribution in [1.82, 2.24) is 30.4 Å².